The third kappa shape index (κ3) is 7.34. The Hall–Kier alpha value is -4.71. The second-order valence-electron chi connectivity index (χ2n) is 13.6. The molecule has 4 aromatic carbocycles. The van der Waals surface area contributed by atoms with Gasteiger partial charge in [0.25, 0.3) is 5.91 Å². The van der Waals surface area contributed by atoms with Crippen LogP contribution in [0.25, 0.3) is 44.3 Å². The van der Waals surface area contributed by atoms with Gasteiger partial charge in [0.15, 0.2) is 0 Å². The minimum absolute atomic E-state index is 0.194. The van der Waals surface area contributed by atoms with Gasteiger partial charge < -0.3 is 19.5 Å². The highest BCUT2D eigenvalue weighted by Crippen LogP contribution is 2.40. The van der Waals surface area contributed by atoms with Gasteiger partial charge in [-0.15, -0.1) is 0 Å². The van der Waals surface area contributed by atoms with Crippen molar-refractivity contribution >= 4 is 51.6 Å². The Morgan fingerprint density at radius 3 is 2.37 bits per heavy atom. The number of carbonyl (C=O) groups is 1. The van der Waals surface area contributed by atoms with Crippen LogP contribution in [-0.4, -0.2) is 46.9 Å². The summed E-state index contributed by atoms with van der Waals surface area (Å²) < 4.78 is 55.1. The van der Waals surface area contributed by atoms with Gasteiger partial charge in [-0.25, -0.2) is 12.8 Å². The summed E-state index contributed by atoms with van der Waals surface area (Å²) in [7, 11) is -3.47. The monoisotopic (exact) mass is 697 g/mol. The fraction of sp³-hybridized carbons (Fsp3) is 0.237. The van der Waals surface area contributed by atoms with Crippen molar-refractivity contribution < 1.29 is 26.8 Å². The Morgan fingerprint density at radius 2 is 1.67 bits per heavy atom. The van der Waals surface area contributed by atoms with Gasteiger partial charge in [0.05, 0.1) is 28.7 Å². The fourth-order valence-corrected chi connectivity index (χ4v) is 7.27. The number of nitrogens with zero attached hydrogens (tertiary/aromatic N) is 2. The maximum atomic E-state index is 13.6. The SMILES string of the molecule is CN(c1cc2oc(Cc3ccc(F)cc3)c(C(N)=O)c2cc1-c1cccc(-c2cc3ccccc3n2COCC[Si](C)(C)C)c1)S(C)(=O)=O. The molecule has 0 aliphatic rings. The number of rotatable bonds is 12. The molecule has 8 nitrogen and oxygen atoms in total. The van der Waals surface area contributed by atoms with Crippen LogP contribution in [0.3, 0.4) is 0 Å². The molecule has 0 spiro atoms. The van der Waals surface area contributed by atoms with E-state index in [9.17, 15) is 17.6 Å². The minimum Gasteiger partial charge on any atom is -0.460 e. The number of benzene rings is 4. The zero-order valence-corrected chi connectivity index (χ0v) is 30.1. The number of carbonyl (C=O) groups excluding carboxylic acids is 1. The van der Waals surface area contributed by atoms with Crippen molar-refractivity contribution in [3.63, 3.8) is 0 Å². The number of hydrogen-bond donors (Lipinski definition) is 1. The highest BCUT2D eigenvalue weighted by molar-refractivity contribution is 7.92. The summed E-state index contributed by atoms with van der Waals surface area (Å²) in [4.78, 5) is 12.9. The molecule has 0 radical (unpaired) electrons. The molecule has 0 saturated carbocycles. The predicted molar refractivity (Wildman–Crippen MR) is 198 cm³/mol. The molecular weight excluding hydrogens is 658 g/mol. The van der Waals surface area contributed by atoms with E-state index in [0.29, 0.717) is 41.3 Å². The lowest BCUT2D eigenvalue weighted by Gasteiger charge is -2.21. The summed E-state index contributed by atoms with van der Waals surface area (Å²) in [5.41, 5.74) is 11.7. The zero-order chi connectivity index (χ0) is 35.1. The van der Waals surface area contributed by atoms with Gasteiger partial charge >= 0.3 is 0 Å². The number of primary amides is 1. The molecule has 0 fully saturated rings. The number of anilines is 1. The molecule has 254 valence electrons. The summed E-state index contributed by atoms with van der Waals surface area (Å²) in [6.07, 6.45) is 1.33. The average molecular weight is 698 g/mol. The number of ether oxygens (including phenoxy) is 1. The van der Waals surface area contributed by atoms with Gasteiger partial charge in [0, 0.05) is 50.6 Å². The second kappa shape index (κ2) is 13.3. The molecule has 2 heterocycles. The van der Waals surface area contributed by atoms with Crippen molar-refractivity contribution in [2.45, 2.75) is 38.8 Å². The number of sulfonamides is 1. The number of halogens is 1. The van der Waals surface area contributed by atoms with E-state index in [-0.39, 0.29) is 17.8 Å². The smallest absolute Gasteiger partial charge is 0.252 e. The van der Waals surface area contributed by atoms with Crippen LogP contribution in [-0.2, 0) is 27.9 Å². The first-order valence-corrected chi connectivity index (χ1v) is 21.6. The van der Waals surface area contributed by atoms with Crippen LogP contribution in [0.1, 0.15) is 21.7 Å². The topological polar surface area (TPSA) is 108 Å². The second-order valence-corrected chi connectivity index (χ2v) is 21.2. The highest BCUT2D eigenvalue weighted by Gasteiger charge is 2.25. The third-order valence-corrected chi connectivity index (χ3v) is 11.6. The summed E-state index contributed by atoms with van der Waals surface area (Å²) in [6.45, 7) is 8.05. The summed E-state index contributed by atoms with van der Waals surface area (Å²) in [5.74, 6) is -0.747. The predicted octanol–water partition coefficient (Wildman–Crippen LogP) is 8.26. The summed E-state index contributed by atoms with van der Waals surface area (Å²) >= 11 is 0. The van der Waals surface area contributed by atoms with Crippen LogP contribution < -0.4 is 10.0 Å². The minimum atomic E-state index is -3.69. The molecule has 0 saturated heterocycles. The third-order valence-electron chi connectivity index (χ3n) is 8.74. The lowest BCUT2D eigenvalue weighted by Crippen LogP contribution is -2.25. The molecule has 0 bridgehead atoms. The van der Waals surface area contributed by atoms with Crippen LogP contribution in [0, 0.1) is 5.82 Å². The summed E-state index contributed by atoms with van der Waals surface area (Å²) in [6, 6.07) is 28.5. The Bertz CT molecular complexity index is 2290. The van der Waals surface area contributed by atoms with Gasteiger partial charge in [0.1, 0.15) is 23.9 Å². The van der Waals surface area contributed by atoms with Crippen molar-refractivity contribution in [3.8, 4) is 22.4 Å². The Balaban J connectivity index is 1.49. The molecule has 2 aromatic heterocycles. The lowest BCUT2D eigenvalue weighted by molar-refractivity contribution is 0.0912. The van der Waals surface area contributed by atoms with E-state index in [1.165, 1.54) is 23.5 Å². The van der Waals surface area contributed by atoms with Crippen LogP contribution in [0.2, 0.25) is 25.7 Å². The standard InChI is InChI=1S/C38H40FN3O5SSi/c1-41(48(2,44)45)34-23-35-31(37(38(40)43)36(47-35)19-25-13-15-29(39)16-14-25)22-30(34)26-10-8-11-27(20-26)33-21-28-9-6-7-12-32(28)42(33)24-46-17-18-49(3,4)5/h6-16,20-23H,17-19,24H2,1-5H3,(H2,40,43). The van der Waals surface area contributed by atoms with Gasteiger partial charge in [-0.05, 0) is 59.1 Å². The van der Waals surface area contributed by atoms with Crippen molar-refractivity contribution in [1.82, 2.24) is 4.57 Å². The molecule has 6 aromatic rings. The largest absolute Gasteiger partial charge is 0.460 e. The van der Waals surface area contributed by atoms with Crippen LogP contribution >= 0.6 is 0 Å². The number of furan rings is 1. The summed E-state index contributed by atoms with van der Waals surface area (Å²) in [5, 5.41) is 1.54. The highest BCUT2D eigenvalue weighted by atomic mass is 32.2. The maximum absolute atomic E-state index is 13.6. The Morgan fingerprint density at radius 1 is 0.959 bits per heavy atom. The molecule has 1 amide bonds. The first-order chi connectivity index (χ1) is 23.2. The molecule has 11 heteroatoms. The van der Waals surface area contributed by atoms with E-state index >= 15 is 0 Å². The van der Waals surface area contributed by atoms with Gasteiger partial charge in [-0.2, -0.15) is 0 Å². The number of para-hydroxylation sites is 1. The normalized spacial score (nSPS) is 12.2. The molecule has 0 unspecified atom stereocenters. The van der Waals surface area contributed by atoms with E-state index < -0.39 is 24.0 Å². The molecule has 0 aliphatic carbocycles. The van der Waals surface area contributed by atoms with E-state index in [2.05, 4.69) is 42.4 Å². The molecule has 6 rings (SSSR count). The number of amides is 1. The Kier molecular flexibility index (Phi) is 9.27. The van der Waals surface area contributed by atoms with Crippen molar-refractivity contribution in [2.24, 2.45) is 5.73 Å². The Labute approximate surface area is 287 Å². The lowest BCUT2D eigenvalue weighted by atomic mass is 9.97. The van der Waals surface area contributed by atoms with Gasteiger partial charge in [-0.1, -0.05) is 68.2 Å². The van der Waals surface area contributed by atoms with Crippen molar-refractivity contribution in [2.75, 3.05) is 24.2 Å². The quantitative estimate of drug-likeness (QED) is 0.102. The zero-order valence-electron chi connectivity index (χ0n) is 28.3. The van der Waals surface area contributed by atoms with Gasteiger partial charge in [-0.3, -0.25) is 9.10 Å². The van der Waals surface area contributed by atoms with Crippen molar-refractivity contribution in [3.05, 3.63) is 114 Å². The van der Waals surface area contributed by atoms with E-state index in [0.717, 1.165) is 45.6 Å². The first kappa shape index (κ1) is 34.2. The molecule has 2 N–H and O–H groups in total. The van der Waals surface area contributed by atoms with Crippen LogP contribution in [0.4, 0.5) is 10.1 Å². The number of aromatic nitrogens is 1. The number of hydrogen-bond acceptors (Lipinski definition) is 5. The van der Waals surface area contributed by atoms with E-state index in [1.54, 1.807) is 24.3 Å². The molecule has 49 heavy (non-hydrogen) atoms. The van der Waals surface area contributed by atoms with E-state index in [4.69, 9.17) is 14.9 Å². The van der Waals surface area contributed by atoms with Gasteiger partial charge in [0.2, 0.25) is 10.0 Å². The molecule has 0 atom stereocenters. The maximum Gasteiger partial charge on any atom is 0.252 e. The van der Waals surface area contributed by atoms with E-state index in [1.807, 2.05) is 36.4 Å². The first-order valence-electron chi connectivity index (χ1n) is 16.0. The average Bonchev–Trinajstić information content (AvgIpc) is 3.60. The van der Waals surface area contributed by atoms with Crippen molar-refractivity contribution in [1.29, 1.82) is 0 Å². The molecular formula is C38H40FN3O5SSi. The van der Waals surface area contributed by atoms with Crippen LogP contribution in [0.5, 0.6) is 0 Å². The molecule has 0 aliphatic heterocycles. The van der Waals surface area contributed by atoms with Crippen LogP contribution in [0.15, 0.2) is 95.4 Å². The number of nitrogens with two attached hydrogens (primary N) is 1. The number of fused-ring (bicyclic) bond motifs is 2. The fourth-order valence-electron chi connectivity index (χ4n) is 6.00.